The van der Waals surface area contributed by atoms with Crippen LogP contribution in [-0.4, -0.2) is 38.9 Å². The maximum absolute atomic E-state index is 12.3. The summed E-state index contributed by atoms with van der Waals surface area (Å²) >= 11 is 0. The van der Waals surface area contributed by atoms with Crippen molar-refractivity contribution in [3.63, 3.8) is 0 Å². The number of methoxy groups -OCH3 is 1. The molecule has 5 nitrogen and oxygen atoms in total. The third kappa shape index (κ3) is 8.51. The maximum atomic E-state index is 12.3. The molecule has 0 saturated heterocycles. The van der Waals surface area contributed by atoms with E-state index in [0.717, 1.165) is 18.7 Å². The van der Waals surface area contributed by atoms with Crippen LogP contribution in [0.25, 0.3) is 0 Å². The number of nitrogens with zero attached hydrogens (tertiary/aromatic N) is 1. The van der Waals surface area contributed by atoms with Gasteiger partial charge in [0.05, 0.1) is 13.7 Å². The van der Waals surface area contributed by atoms with Gasteiger partial charge in [0.25, 0.3) is 0 Å². The Morgan fingerprint density at radius 3 is 2.48 bits per heavy atom. The SMILES string of the molecule is CCNC(=NCc1ccc(OCC(F)(F)F)c(OC)c1)NCC(C)C. The molecule has 0 fully saturated rings. The normalized spacial score (nSPS) is 12.2. The Labute approximate surface area is 146 Å². The fraction of sp³-hybridized carbons (Fsp3) is 0.588. The third-order valence-corrected chi connectivity index (χ3v) is 3.06. The predicted molar refractivity (Wildman–Crippen MR) is 92.2 cm³/mol. The van der Waals surface area contributed by atoms with Crippen molar-refractivity contribution in [1.82, 2.24) is 10.6 Å². The summed E-state index contributed by atoms with van der Waals surface area (Å²) in [6, 6.07) is 4.76. The minimum absolute atomic E-state index is 0.0531. The van der Waals surface area contributed by atoms with Gasteiger partial charge in [0.15, 0.2) is 24.1 Å². The molecule has 0 saturated carbocycles. The van der Waals surface area contributed by atoms with Gasteiger partial charge in [-0.05, 0) is 30.5 Å². The molecule has 0 radical (unpaired) electrons. The van der Waals surface area contributed by atoms with E-state index in [-0.39, 0.29) is 11.5 Å². The van der Waals surface area contributed by atoms with E-state index in [1.54, 1.807) is 12.1 Å². The first kappa shape index (κ1) is 20.9. The molecule has 0 unspecified atom stereocenters. The summed E-state index contributed by atoms with van der Waals surface area (Å²) in [4.78, 5) is 4.46. The number of hydrogen-bond acceptors (Lipinski definition) is 3. The molecule has 0 aliphatic rings. The quantitative estimate of drug-likeness (QED) is 0.551. The highest BCUT2D eigenvalue weighted by Gasteiger charge is 2.29. The molecule has 142 valence electrons. The highest BCUT2D eigenvalue weighted by molar-refractivity contribution is 5.79. The number of aliphatic imine (C=N–C) groups is 1. The minimum Gasteiger partial charge on any atom is -0.493 e. The molecular formula is C17H26F3N3O2. The van der Waals surface area contributed by atoms with Gasteiger partial charge in [0, 0.05) is 13.1 Å². The van der Waals surface area contributed by atoms with Crippen LogP contribution in [0.3, 0.4) is 0 Å². The lowest BCUT2D eigenvalue weighted by Crippen LogP contribution is -2.39. The Morgan fingerprint density at radius 2 is 1.92 bits per heavy atom. The van der Waals surface area contributed by atoms with E-state index in [1.165, 1.54) is 13.2 Å². The average Bonchev–Trinajstić information content (AvgIpc) is 2.54. The number of hydrogen-bond donors (Lipinski definition) is 2. The smallest absolute Gasteiger partial charge is 0.422 e. The fourth-order valence-corrected chi connectivity index (χ4v) is 1.90. The van der Waals surface area contributed by atoms with Crippen LogP contribution in [0, 0.1) is 5.92 Å². The standard InChI is InChI=1S/C17H26F3N3O2/c1-5-21-16(22-9-12(2)3)23-10-13-6-7-14(15(8-13)24-4)25-11-17(18,19)20/h6-8,12H,5,9-11H2,1-4H3,(H2,21,22,23). The van der Waals surface area contributed by atoms with Gasteiger partial charge in [-0.15, -0.1) is 0 Å². The highest BCUT2D eigenvalue weighted by Crippen LogP contribution is 2.30. The van der Waals surface area contributed by atoms with Crippen LogP contribution in [0.2, 0.25) is 0 Å². The minimum atomic E-state index is -4.39. The zero-order valence-electron chi connectivity index (χ0n) is 15.0. The zero-order chi connectivity index (χ0) is 18.9. The largest absolute Gasteiger partial charge is 0.493 e. The van der Waals surface area contributed by atoms with Gasteiger partial charge in [-0.1, -0.05) is 19.9 Å². The van der Waals surface area contributed by atoms with Gasteiger partial charge in [0.2, 0.25) is 0 Å². The van der Waals surface area contributed by atoms with E-state index in [1.807, 2.05) is 6.92 Å². The van der Waals surface area contributed by atoms with Crippen molar-refractivity contribution in [3.05, 3.63) is 23.8 Å². The summed E-state index contributed by atoms with van der Waals surface area (Å²) in [6.45, 7) is 6.70. The van der Waals surface area contributed by atoms with Crippen molar-refractivity contribution < 1.29 is 22.6 Å². The second-order valence-electron chi connectivity index (χ2n) is 5.86. The molecule has 0 amide bonds. The Hall–Kier alpha value is -2.12. The van der Waals surface area contributed by atoms with E-state index >= 15 is 0 Å². The molecule has 25 heavy (non-hydrogen) atoms. The predicted octanol–water partition coefficient (Wildman–Crippen LogP) is 3.35. The lowest BCUT2D eigenvalue weighted by molar-refractivity contribution is -0.153. The number of guanidine groups is 1. The summed E-state index contributed by atoms with van der Waals surface area (Å²) in [7, 11) is 1.39. The van der Waals surface area contributed by atoms with Crippen molar-refractivity contribution in [2.75, 3.05) is 26.8 Å². The monoisotopic (exact) mass is 361 g/mol. The second-order valence-corrected chi connectivity index (χ2v) is 5.86. The number of alkyl halides is 3. The van der Waals surface area contributed by atoms with Gasteiger partial charge in [-0.2, -0.15) is 13.2 Å². The number of ether oxygens (including phenoxy) is 2. The topological polar surface area (TPSA) is 54.9 Å². The molecule has 0 atom stereocenters. The van der Waals surface area contributed by atoms with E-state index < -0.39 is 12.8 Å². The van der Waals surface area contributed by atoms with Crippen molar-refractivity contribution in [2.45, 2.75) is 33.5 Å². The van der Waals surface area contributed by atoms with Crippen molar-refractivity contribution >= 4 is 5.96 Å². The molecule has 1 rings (SSSR count). The van der Waals surface area contributed by atoms with Gasteiger partial charge >= 0.3 is 6.18 Å². The first-order valence-corrected chi connectivity index (χ1v) is 8.13. The van der Waals surface area contributed by atoms with Gasteiger partial charge < -0.3 is 20.1 Å². The molecule has 2 N–H and O–H groups in total. The molecule has 1 aromatic rings. The Morgan fingerprint density at radius 1 is 1.20 bits per heavy atom. The van der Waals surface area contributed by atoms with E-state index in [0.29, 0.717) is 18.4 Å². The highest BCUT2D eigenvalue weighted by atomic mass is 19.4. The average molecular weight is 361 g/mol. The molecule has 0 spiro atoms. The third-order valence-electron chi connectivity index (χ3n) is 3.06. The van der Waals surface area contributed by atoms with E-state index in [9.17, 15) is 13.2 Å². The Balaban J connectivity index is 2.78. The Kier molecular flexibility index (Phi) is 8.37. The van der Waals surface area contributed by atoms with Crippen molar-refractivity contribution in [2.24, 2.45) is 10.9 Å². The first-order valence-electron chi connectivity index (χ1n) is 8.13. The maximum Gasteiger partial charge on any atom is 0.422 e. The summed E-state index contributed by atoms with van der Waals surface area (Å²) in [5, 5.41) is 6.37. The lowest BCUT2D eigenvalue weighted by atomic mass is 10.2. The molecule has 8 heteroatoms. The number of halogens is 3. The summed E-state index contributed by atoms with van der Waals surface area (Å²) in [5.41, 5.74) is 0.804. The molecule has 0 heterocycles. The van der Waals surface area contributed by atoms with Crippen LogP contribution in [0.5, 0.6) is 11.5 Å². The number of nitrogens with one attached hydrogen (secondary N) is 2. The Bertz CT molecular complexity index is 561. The van der Waals surface area contributed by atoms with Crippen LogP contribution in [0.1, 0.15) is 26.3 Å². The van der Waals surface area contributed by atoms with E-state index in [2.05, 4.69) is 29.5 Å². The molecule has 0 aromatic heterocycles. The van der Waals surface area contributed by atoms with Crippen LogP contribution in [0.15, 0.2) is 23.2 Å². The second kappa shape index (κ2) is 10.0. The molecular weight excluding hydrogens is 335 g/mol. The number of benzene rings is 1. The lowest BCUT2D eigenvalue weighted by Gasteiger charge is -2.14. The van der Waals surface area contributed by atoms with Crippen LogP contribution < -0.4 is 20.1 Å². The molecule has 0 aliphatic carbocycles. The number of rotatable bonds is 8. The van der Waals surface area contributed by atoms with Crippen molar-refractivity contribution in [1.29, 1.82) is 0 Å². The van der Waals surface area contributed by atoms with E-state index in [4.69, 9.17) is 9.47 Å². The van der Waals surface area contributed by atoms with Crippen molar-refractivity contribution in [3.8, 4) is 11.5 Å². The molecule has 1 aromatic carbocycles. The fourth-order valence-electron chi connectivity index (χ4n) is 1.90. The first-order chi connectivity index (χ1) is 11.7. The summed E-state index contributed by atoms with van der Waals surface area (Å²) in [6.07, 6.45) is -4.39. The van der Waals surface area contributed by atoms with Gasteiger partial charge in [0.1, 0.15) is 0 Å². The van der Waals surface area contributed by atoms with Crippen LogP contribution in [0.4, 0.5) is 13.2 Å². The summed E-state index contributed by atoms with van der Waals surface area (Å²) < 4.78 is 46.7. The zero-order valence-corrected chi connectivity index (χ0v) is 15.0. The summed E-state index contributed by atoms with van der Waals surface area (Å²) in [5.74, 6) is 1.47. The van der Waals surface area contributed by atoms with Crippen LogP contribution in [-0.2, 0) is 6.54 Å². The van der Waals surface area contributed by atoms with Gasteiger partial charge in [-0.3, -0.25) is 0 Å². The molecule has 0 aliphatic heterocycles. The van der Waals surface area contributed by atoms with Crippen LogP contribution >= 0.6 is 0 Å². The molecule has 0 bridgehead atoms. The van der Waals surface area contributed by atoms with Gasteiger partial charge in [-0.25, -0.2) is 4.99 Å².